The highest BCUT2D eigenvalue weighted by Crippen LogP contribution is 2.37. The van der Waals surface area contributed by atoms with Crippen LogP contribution in [0.3, 0.4) is 0 Å². The molecule has 0 bridgehead atoms. The molecule has 2 aromatic rings. The Morgan fingerprint density at radius 2 is 2.00 bits per heavy atom. The number of fused-ring (bicyclic) bond motifs is 1. The van der Waals surface area contributed by atoms with Gasteiger partial charge in [0.25, 0.3) is 0 Å². The first-order valence-electron chi connectivity index (χ1n) is 9.84. The maximum Gasteiger partial charge on any atom is 0.226 e. The van der Waals surface area contributed by atoms with Gasteiger partial charge in [-0.2, -0.15) is 5.10 Å². The van der Waals surface area contributed by atoms with E-state index in [2.05, 4.69) is 28.9 Å². The third kappa shape index (κ3) is 3.11. The van der Waals surface area contributed by atoms with Crippen LogP contribution in [0.15, 0.2) is 12.3 Å². The second-order valence-corrected chi connectivity index (χ2v) is 8.13. The number of nitrogens with zero attached hydrogens (tertiary/aromatic N) is 5. The highest BCUT2D eigenvalue weighted by Gasteiger charge is 2.37. The van der Waals surface area contributed by atoms with E-state index in [1.54, 1.807) is 0 Å². The number of amides is 1. The molecule has 3 heterocycles. The van der Waals surface area contributed by atoms with Crippen LogP contribution >= 0.6 is 0 Å². The standard InChI is InChI=1S/C20H29N5O/c1-14-11-18-21-12-16(13-23(2)3)19(25(18)22-14)17-9-6-10-24(17)20(26)15-7-4-5-8-15/h11-12,15,17H,4-10,13H2,1-3H3/t17-/m0/s1. The summed E-state index contributed by atoms with van der Waals surface area (Å²) in [5.41, 5.74) is 4.16. The maximum absolute atomic E-state index is 13.2. The van der Waals surface area contributed by atoms with Crippen LogP contribution in [0.5, 0.6) is 0 Å². The summed E-state index contributed by atoms with van der Waals surface area (Å²) in [4.78, 5) is 22.1. The van der Waals surface area contributed by atoms with Gasteiger partial charge in [0, 0.05) is 36.8 Å². The Bertz CT molecular complexity index is 806. The quantitative estimate of drug-likeness (QED) is 0.846. The van der Waals surface area contributed by atoms with Crippen LogP contribution in [-0.4, -0.2) is 50.9 Å². The SMILES string of the molecule is Cc1cc2ncc(CN(C)C)c([C@@H]3CCCN3C(=O)C3CCCC3)n2n1. The van der Waals surface area contributed by atoms with E-state index in [1.807, 2.05) is 23.7 Å². The molecule has 2 fully saturated rings. The summed E-state index contributed by atoms with van der Waals surface area (Å²) < 4.78 is 1.99. The van der Waals surface area contributed by atoms with Gasteiger partial charge in [0.2, 0.25) is 5.91 Å². The Balaban J connectivity index is 1.76. The van der Waals surface area contributed by atoms with E-state index in [4.69, 9.17) is 5.10 Å². The van der Waals surface area contributed by atoms with E-state index >= 15 is 0 Å². The molecule has 1 aliphatic heterocycles. The Morgan fingerprint density at radius 3 is 2.73 bits per heavy atom. The van der Waals surface area contributed by atoms with E-state index in [0.29, 0.717) is 5.91 Å². The van der Waals surface area contributed by atoms with Crippen LogP contribution in [0.2, 0.25) is 0 Å². The molecule has 6 heteroatoms. The van der Waals surface area contributed by atoms with Crippen LogP contribution in [0, 0.1) is 12.8 Å². The Labute approximate surface area is 155 Å². The molecule has 6 nitrogen and oxygen atoms in total. The summed E-state index contributed by atoms with van der Waals surface area (Å²) in [6.07, 6.45) is 8.55. The normalized spacial score (nSPS) is 21.4. The van der Waals surface area contributed by atoms with Crippen LogP contribution in [0.4, 0.5) is 0 Å². The average Bonchev–Trinajstić information content (AvgIpc) is 3.33. The molecule has 1 amide bonds. The van der Waals surface area contributed by atoms with E-state index in [1.165, 1.54) is 18.4 Å². The lowest BCUT2D eigenvalue weighted by Crippen LogP contribution is -2.36. The van der Waals surface area contributed by atoms with E-state index in [0.717, 1.165) is 55.8 Å². The van der Waals surface area contributed by atoms with Crippen molar-refractivity contribution >= 4 is 11.6 Å². The third-order valence-electron chi connectivity index (χ3n) is 5.77. The molecule has 0 radical (unpaired) electrons. The molecule has 1 saturated carbocycles. The number of hydrogen-bond acceptors (Lipinski definition) is 4. The van der Waals surface area contributed by atoms with Crippen molar-refractivity contribution in [3.8, 4) is 0 Å². The van der Waals surface area contributed by atoms with Crippen molar-refractivity contribution in [1.82, 2.24) is 24.4 Å². The fraction of sp³-hybridized carbons (Fsp3) is 0.650. The fourth-order valence-corrected chi connectivity index (χ4v) is 4.64. The summed E-state index contributed by atoms with van der Waals surface area (Å²) in [7, 11) is 4.14. The molecule has 140 valence electrons. The number of carbonyl (C=O) groups excluding carboxylic acids is 1. The van der Waals surface area contributed by atoms with Crippen molar-refractivity contribution in [2.75, 3.05) is 20.6 Å². The molecule has 0 N–H and O–H groups in total. The highest BCUT2D eigenvalue weighted by molar-refractivity contribution is 5.80. The highest BCUT2D eigenvalue weighted by atomic mass is 16.2. The number of hydrogen-bond donors (Lipinski definition) is 0. The lowest BCUT2D eigenvalue weighted by Gasteiger charge is -2.29. The molecule has 1 atom stereocenters. The largest absolute Gasteiger partial charge is 0.334 e. The second-order valence-electron chi connectivity index (χ2n) is 8.13. The minimum Gasteiger partial charge on any atom is -0.334 e. The first-order valence-corrected chi connectivity index (χ1v) is 9.84. The molecule has 1 aliphatic carbocycles. The van der Waals surface area contributed by atoms with Crippen LogP contribution < -0.4 is 0 Å². The van der Waals surface area contributed by atoms with Crippen molar-refractivity contribution in [2.45, 2.75) is 58.0 Å². The van der Waals surface area contributed by atoms with Gasteiger partial charge in [-0.15, -0.1) is 0 Å². The number of likely N-dealkylation sites (tertiary alicyclic amines) is 1. The van der Waals surface area contributed by atoms with Gasteiger partial charge in [-0.05, 0) is 46.7 Å². The van der Waals surface area contributed by atoms with Crippen molar-refractivity contribution in [2.24, 2.45) is 5.92 Å². The van der Waals surface area contributed by atoms with Gasteiger partial charge in [-0.3, -0.25) is 4.79 Å². The average molecular weight is 355 g/mol. The molecule has 1 saturated heterocycles. The lowest BCUT2D eigenvalue weighted by atomic mass is 10.0. The zero-order valence-corrected chi connectivity index (χ0v) is 16.1. The smallest absolute Gasteiger partial charge is 0.226 e. The van der Waals surface area contributed by atoms with Gasteiger partial charge < -0.3 is 9.80 Å². The lowest BCUT2D eigenvalue weighted by molar-refractivity contribution is -0.136. The van der Waals surface area contributed by atoms with Crippen LogP contribution in [0.1, 0.15) is 61.5 Å². The molecular formula is C20H29N5O. The minimum atomic E-state index is 0.114. The molecule has 26 heavy (non-hydrogen) atoms. The molecule has 4 rings (SSSR count). The zero-order valence-electron chi connectivity index (χ0n) is 16.1. The number of carbonyl (C=O) groups is 1. The molecule has 2 aromatic heterocycles. The van der Waals surface area contributed by atoms with Crippen molar-refractivity contribution < 1.29 is 4.79 Å². The van der Waals surface area contributed by atoms with Gasteiger partial charge in [-0.1, -0.05) is 12.8 Å². The first kappa shape index (κ1) is 17.5. The fourth-order valence-electron chi connectivity index (χ4n) is 4.64. The summed E-state index contributed by atoms with van der Waals surface area (Å²) in [5, 5.41) is 4.71. The number of rotatable bonds is 4. The molecule has 2 aliphatic rings. The van der Waals surface area contributed by atoms with Crippen molar-refractivity contribution in [3.05, 3.63) is 29.2 Å². The maximum atomic E-state index is 13.2. The molecule has 0 spiro atoms. The molecular weight excluding hydrogens is 326 g/mol. The predicted octanol–water partition coefficient (Wildman–Crippen LogP) is 2.95. The Morgan fingerprint density at radius 1 is 1.23 bits per heavy atom. The van der Waals surface area contributed by atoms with Crippen molar-refractivity contribution in [3.63, 3.8) is 0 Å². The Kier molecular flexibility index (Phi) is 4.69. The number of aryl methyl sites for hydroxylation is 1. The third-order valence-corrected chi connectivity index (χ3v) is 5.77. The van der Waals surface area contributed by atoms with Crippen LogP contribution in [-0.2, 0) is 11.3 Å². The Hall–Kier alpha value is -1.95. The molecule has 0 aromatic carbocycles. The monoisotopic (exact) mass is 355 g/mol. The summed E-state index contributed by atoms with van der Waals surface area (Å²) >= 11 is 0. The zero-order chi connectivity index (χ0) is 18.3. The van der Waals surface area contributed by atoms with E-state index in [-0.39, 0.29) is 12.0 Å². The second kappa shape index (κ2) is 6.99. The van der Waals surface area contributed by atoms with Gasteiger partial charge in [0.1, 0.15) is 0 Å². The van der Waals surface area contributed by atoms with Crippen molar-refractivity contribution in [1.29, 1.82) is 0 Å². The van der Waals surface area contributed by atoms with Gasteiger partial charge in [0.05, 0.1) is 17.4 Å². The van der Waals surface area contributed by atoms with Gasteiger partial charge in [-0.25, -0.2) is 9.50 Å². The van der Waals surface area contributed by atoms with E-state index in [9.17, 15) is 4.79 Å². The van der Waals surface area contributed by atoms with E-state index < -0.39 is 0 Å². The minimum absolute atomic E-state index is 0.114. The summed E-state index contributed by atoms with van der Waals surface area (Å²) in [6, 6.07) is 2.13. The summed E-state index contributed by atoms with van der Waals surface area (Å²) in [6.45, 7) is 3.67. The van der Waals surface area contributed by atoms with Crippen LogP contribution in [0.25, 0.3) is 5.65 Å². The van der Waals surface area contributed by atoms with Gasteiger partial charge >= 0.3 is 0 Å². The van der Waals surface area contributed by atoms with Gasteiger partial charge in [0.15, 0.2) is 5.65 Å². The predicted molar refractivity (Wildman–Crippen MR) is 101 cm³/mol. The molecule has 0 unspecified atom stereocenters. The first-order chi connectivity index (χ1) is 12.5. The summed E-state index contributed by atoms with van der Waals surface area (Å²) in [5.74, 6) is 0.583. The number of aromatic nitrogens is 3. The topological polar surface area (TPSA) is 53.7 Å².